The molecule has 1 aromatic rings. The molecule has 0 saturated carbocycles. The van der Waals surface area contributed by atoms with Gasteiger partial charge in [-0.3, -0.25) is 4.79 Å². The number of rotatable bonds is 3. The molecule has 0 saturated heterocycles. The fourth-order valence-electron chi connectivity index (χ4n) is 0.861. The van der Waals surface area contributed by atoms with E-state index in [1.165, 1.54) is 0 Å². The molecule has 6 heteroatoms. The maximum Gasteiger partial charge on any atom is 1.00 e. The fourth-order valence-corrected chi connectivity index (χ4v) is 0.987. The zero-order valence-corrected chi connectivity index (χ0v) is 11.3. The zero-order valence-electron chi connectivity index (χ0n) is 8.57. The molecule has 1 rings (SSSR count). The Balaban J connectivity index is 0.00000225. The molecule has 0 spiro atoms. The number of benzene rings is 1. The average molecular weight is 248 g/mol. The van der Waals surface area contributed by atoms with Crippen molar-refractivity contribution < 1.29 is 44.3 Å². The number of hydrogen-bond donors (Lipinski definition) is 1. The third-order valence-corrected chi connectivity index (χ3v) is 1.73. The molecule has 0 aliphatic heterocycles. The molecular formula is C10H7ClNNaO3. The Bertz CT molecular complexity index is 403. The SMILES string of the molecule is O=C([O-])/C=C\C(=O)Nc1ccc(Cl)cc1.[Na+]. The Kier molecular flexibility index (Phi) is 7.08. The molecule has 0 heterocycles. The van der Waals surface area contributed by atoms with Gasteiger partial charge < -0.3 is 15.2 Å². The van der Waals surface area contributed by atoms with E-state index in [4.69, 9.17) is 11.6 Å². The number of halogens is 1. The number of carbonyl (C=O) groups is 2. The Labute approximate surface area is 120 Å². The van der Waals surface area contributed by atoms with E-state index in [1.54, 1.807) is 24.3 Å². The third-order valence-electron chi connectivity index (χ3n) is 1.48. The van der Waals surface area contributed by atoms with E-state index in [1.807, 2.05) is 0 Å². The van der Waals surface area contributed by atoms with Crippen molar-refractivity contribution in [3.05, 3.63) is 41.4 Å². The molecule has 1 N–H and O–H groups in total. The van der Waals surface area contributed by atoms with Crippen LogP contribution in [0.15, 0.2) is 36.4 Å². The summed E-state index contributed by atoms with van der Waals surface area (Å²) in [5, 5.41) is 13.0. The van der Waals surface area contributed by atoms with E-state index in [9.17, 15) is 14.7 Å². The molecule has 0 unspecified atom stereocenters. The summed E-state index contributed by atoms with van der Waals surface area (Å²) in [6.45, 7) is 0. The van der Waals surface area contributed by atoms with Crippen LogP contribution < -0.4 is 40.0 Å². The maximum atomic E-state index is 11.1. The van der Waals surface area contributed by atoms with Gasteiger partial charge in [-0.2, -0.15) is 0 Å². The van der Waals surface area contributed by atoms with Gasteiger partial charge in [-0.05, 0) is 30.3 Å². The average Bonchev–Trinajstić information content (AvgIpc) is 2.19. The van der Waals surface area contributed by atoms with Crippen LogP contribution in [0.3, 0.4) is 0 Å². The molecular weight excluding hydrogens is 241 g/mol. The van der Waals surface area contributed by atoms with Gasteiger partial charge in [0.1, 0.15) is 0 Å². The zero-order chi connectivity index (χ0) is 11.3. The summed E-state index contributed by atoms with van der Waals surface area (Å²) in [4.78, 5) is 21.1. The standard InChI is InChI=1S/C10H8ClNO3.Na/c11-7-1-3-8(4-2-7)12-9(13)5-6-10(14)15;/h1-6H,(H,12,13)(H,14,15);/q;+1/p-1/b6-5-;. The number of carbonyl (C=O) groups excluding carboxylic acids is 2. The van der Waals surface area contributed by atoms with Crippen LogP contribution in [0.1, 0.15) is 0 Å². The fraction of sp³-hybridized carbons (Fsp3) is 0. The molecule has 0 radical (unpaired) electrons. The van der Waals surface area contributed by atoms with E-state index in [2.05, 4.69) is 5.32 Å². The minimum absolute atomic E-state index is 0. The Morgan fingerprint density at radius 2 is 1.75 bits per heavy atom. The van der Waals surface area contributed by atoms with E-state index in [0.717, 1.165) is 6.08 Å². The van der Waals surface area contributed by atoms with Crippen molar-refractivity contribution >= 4 is 29.2 Å². The van der Waals surface area contributed by atoms with Gasteiger partial charge in [0.25, 0.3) is 0 Å². The van der Waals surface area contributed by atoms with E-state index in [0.29, 0.717) is 16.8 Å². The first-order valence-electron chi connectivity index (χ1n) is 4.03. The monoisotopic (exact) mass is 247 g/mol. The molecule has 0 fully saturated rings. The number of anilines is 1. The summed E-state index contributed by atoms with van der Waals surface area (Å²) in [6.07, 6.45) is 1.54. The van der Waals surface area contributed by atoms with Crippen LogP contribution in [0.5, 0.6) is 0 Å². The first-order chi connectivity index (χ1) is 7.08. The number of nitrogens with one attached hydrogen (secondary N) is 1. The van der Waals surface area contributed by atoms with Gasteiger partial charge in [0.05, 0.1) is 5.97 Å². The number of hydrogen-bond acceptors (Lipinski definition) is 3. The first kappa shape index (κ1) is 15.2. The molecule has 16 heavy (non-hydrogen) atoms. The molecule has 0 atom stereocenters. The normalized spacial score (nSPS) is 9.56. The summed E-state index contributed by atoms with van der Waals surface area (Å²) in [7, 11) is 0. The van der Waals surface area contributed by atoms with Crippen LogP contribution in [0.25, 0.3) is 0 Å². The third kappa shape index (κ3) is 5.92. The van der Waals surface area contributed by atoms with E-state index in [-0.39, 0.29) is 29.6 Å². The van der Waals surface area contributed by atoms with Gasteiger partial charge in [-0.25, -0.2) is 0 Å². The number of aliphatic carboxylic acids is 1. The second-order valence-electron chi connectivity index (χ2n) is 2.65. The topological polar surface area (TPSA) is 69.2 Å². The van der Waals surface area contributed by atoms with Gasteiger partial charge in [0.15, 0.2) is 0 Å². The van der Waals surface area contributed by atoms with Crippen molar-refractivity contribution in [3.63, 3.8) is 0 Å². The summed E-state index contributed by atoms with van der Waals surface area (Å²) >= 11 is 5.64. The molecule has 0 aliphatic rings. The molecule has 1 amide bonds. The van der Waals surface area contributed by atoms with Gasteiger partial charge in [0, 0.05) is 16.8 Å². The predicted octanol–water partition coefficient (Wildman–Crippen LogP) is -2.41. The van der Waals surface area contributed by atoms with Gasteiger partial charge >= 0.3 is 29.6 Å². The maximum absolute atomic E-state index is 11.1. The van der Waals surface area contributed by atoms with Crippen molar-refractivity contribution in [2.75, 3.05) is 5.32 Å². The minimum atomic E-state index is -1.42. The number of carboxylic acid groups (broad SMARTS) is 1. The van der Waals surface area contributed by atoms with Crippen LogP contribution in [0.4, 0.5) is 5.69 Å². The van der Waals surface area contributed by atoms with Crippen LogP contribution in [0.2, 0.25) is 5.02 Å². The first-order valence-corrected chi connectivity index (χ1v) is 4.41. The largest absolute Gasteiger partial charge is 1.00 e. The van der Waals surface area contributed by atoms with E-state index < -0.39 is 11.9 Å². The van der Waals surface area contributed by atoms with Crippen molar-refractivity contribution in [2.45, 2.75) is 0 Å². The second-order valence-corrected chi connectivity index (χ2v) is 3.08. The van der Waals surface area contributed by atoms with Crippen molar-refractivity contribution in [2.24, 2.45) is 0 Å². The Morgan fingerprint density at radius 1 is 1.19 bits per heavy atom. The van der Waals surface area contributed by atoms with Crippen molar-refractivity contribution in [1.29, 1.82) is 0 Å². The molecule has 0 aromatic heterocycles. The van der Waals surface area contributed by atoms with Crippen LogP contribution in [-0.2, 0) is 9.59 Å². The minimum Gasteiger partial charge on any atom is -0.545 e. The van der Waals surface area contributed by atoms with Gasteiger partial charge in [-0.1, -0.05) is 11.6 Å². The molecule has 0 bridgehead atoms. The van der Waals surface area contributed by atoms with Crippen LogP contribution in [-0.4, -0.2) is 11.9 Å². The van der Waals surface area contributed by atoms with Crippen LogP contribution >= 0.6 is 11.6 Å². The Hall–Kier alpha value is -0.810. The summed E-state index contributed by atoms with van der Waals surface area (Å²) in [5.41, 5.74) is 0.535. The Morgan fingerprint density at radius 3 is 2.25 bits per heavy atom. The predicted molar refractivity (Wildman–Crippen MR) is 54.2 cm³/mol. The number of amides is 1. The molecule has 1 aromatic carbocycles. The molecule has 78 valence electrons. The van der Waals surface area contributed by atoms with Crippen molar-refractivity contribution in [1.82, 2.24) is 0 Å². The van der Waals surface area contributed by atoms with Gasteiger partial charge in [0.2, 0.25) is 5.91 Å². The number of carboxylic acids is 1. The van der Waals surface area contributed by atoms with Crippen molar-refractivity contribution in [3.8, 4) is 0 Å². The van der Waals surface area contributed by atoms with E-state index >= 15 is 0 Å². The molecule has 4 nitrogen and oxygen atoms in total. The second kappa shape index (κ2) is 7.46. The summed E-state index contributed by atoms with van der Waals surface area (Å²) in [5.74, 6) is -1.96. The smallest absolute Gasteiger partial charge is 0.545 e. The van der Waals surface area contributed by atoms with Crippen LogP contribution in [0, 0.1) is 0 Å². The van der Waals surface area contributed by atoms with Gasteiger partial charge in [-0.15, -0.1) is 0 Å². The summed E-state index contributed by atoms with van der Waals surface area (Å²) < 4.78 is 0. The summed E-state index contributed by atoms with van der Waals surface area (Å²) in [6, 6.07) is 6.43. The quantitative estimate of drug-likeness (QED) is 0.478. The molecule has 0 aliphatic carbocycles.